The van der Waals surface area contributed by atoms with Gasteiger partial charge in [0.15, 0.2) is 5.43 Å². The highest BCUT2D eigenvalue weighted by Gasteiger charge is 2.09. The summed E-state index contributed by atoms with van der Waals surface area (Å²) < 4.78 is 0. The Morgan fingerprint density at radius 3 is 2.86 bits per heavy atom. The second-order valence-electron chi connectivity index (χ2n) is 3.58. The summed E-state index contributed by atoms with van der Waals surface area (Å²) in [5.41, 5.74) is 1.08. The molecule has 0 spiro atoms. The highest BCUT2D eigenvalue weighted by atomic mass is 16.1. The molecule has 1 saturated heterocycles. The number of nitrogens with one attached hydrogen (secondary N) is 2. The van der Waals surface area contributed by atoms with Gasteiger partial charge in [-0.1, -0.05) is 0 Å². The summed E-state index contributed by atoms with van der Waals surface area (Å²) in [6.07, 6.45) is 1.71. The maximum absolute atomic E-state index is 11.1. The zero-order valence-corrected chi connectivity index (χ0v) is 8.12. The van der Waals surface area contributed by atoms with Crippen LogP contribution in [0.1, 0.15) is 5.69 Å². The lowest BCUT2D eigenvalue weighted by molar-refractivity contribution is 0.230. The lowest BCUT2D eigenvalue weighted by Gasteiger charge is -2.26. The van der Waals surface area contributed by atoms with Crippen LogP contribution in [0.3, 0.4) is 0 Å². The van der Waals surface area contributed by atoms with Crippen LogP contribution in [0.5, 0.6) is 0 Å². The molecule has 0 aromatic carbocycles. The molecule has 0 aliphatic carbocycles. The summed E-state index contributed by atoms with van der Waals surface area (Å²) in [4.78, 5) is 16.5. The maximum Gasteiger partial charge on any atom is 0.181 e. The first kappa shape index (κ1) is 9.43. The van der Waals surface area contributed by atoms with Gasteiger partial charge < -0.3 is 10.3 Å². The Hall–Kier alpha value is -1.13. The Labute approximate surface area is 82.9 Å². The minimum Gasteiger partial charge on any atom is -0.364 e. The number of aromatic amines is 1. The summed E-state index contributed by atoms with van der Waals surface area (Å²) in [6, 6.07) is 3.21. The van der Waals surface area contributed by atoms with Crippen molar-refractivity contribution in [2.45, 2.75) is 6.54 Å². The Morgan fingerprint density at radius 2 is 2.14 bits per heavy atom. The van der Waals surface area contributed by atoms with E-state index in [0.717, 1.165) is 38.4 Å². The van der Waals surface area contributed by atoms with Crippen molar-refractivity contribution in [1.29, 1.82) is 0 Å². The smallest absolute Gasteiger partial charge is 0.181 e. The highest BCUT2D eigenvalue weighted by Crippen LogP contribution is 1.99. The van der Waals surface area contributed by atoms with Crippen LogP contribution in [0.25, 0.3) is 0 Å². The predicted octanol–water partition coefficient (Wildman–Crippen LogP) is -0.220. The van der Waals surface area contributed by atoms with Crippen molar-refractivity contribution in [2.75, 3.05) is 26.2 Å². The first-order chi connectivity index (χ1) is 6.84. The molecule has 4 heteroatoms. The average molecular weight is 193 g/mol. The molecule has 1 aliphatic rings. The molecule has 0 bridgehead atoms. The Kier molecular flexibility index (Phi) is 2.96. The molecule has 1 aromatic rings. The Balaban J connectivity index is 1.99. The quantitative estimate of drug-likeness (QED) is 0.682. The van der Waals surface area contributed by atoms with Gasteiger partial charge in [0.1, 0.15) is 0 Å². The zero-order chi connectivity index (χ0) is 9.80. The van der Waals surface area contributed by atoms with Gasteiger partial charge in [-0.2, -0.15) is 0 Å². The molecule has 0 amide bonds. The lowest BCUT2D eigenvalue weighted by atomic mass is 10.3. The van der Waals surface area contributed by atoms with E-state index in [9.17, 15) is 4.79 Å². The molecule has 2 heterocycles. The van der Waals surface area contributed by atoms with E-state index in [1.54, 1.807) is 18.3 Å². The molecule has 14 heavy (non-hydrogen) atoms. The van der Waals surface area contributed by atoms with Crippen LogP contribution in [-0.2, 0) is 6.54 Å². The second-order valence-corrected chi connectivity index (χ2v) is 3.58. The van der Waals surface area contributed by atoms with Gasteiger partial charge in [-0.05, 0) is 0 Å². The second kappa shape index (κ2) is 4.39. The fraction of sp³-hybridized carbons (Fsp3) is 0.500. The number of nitrogens with zero attached hydrogens (tertiary/aromatic N) is 1. The Morgan fingerprint density at radius 1 is 1.36 bits per heavy atom. The first-order valence-corrected chi connectivity index (χ1v) is 4.95. The van der Waals surface area contributed by atoms with E-state index in [4.69, 9.17) is 0 Å². The van der Waals surface area contributed by atoms with Crippen LogP contribution in [0.15, 0.2) is 23.1 Å². The zero-order valence-electron chi connectivity index (χ0n) is 8.12. The van der Waals surface area contributed by atoms with Gasteiger partial charge >= 0.3 is 0 Å². The van der Waals surface area contributed by atoms with E-state index in [1.165, 1.54) is 0 Å². The summed E-state index contributed by atoms with van der Waals surface area (Å²) >= 11 is 0. The van der Waals surface area contributed by atoms with E-state index in [2.05, 4.69) is 15.2 Å². The summed E-state index contributed by atoms with van der Waals surface area (Å²) in [7, 11) is 0. The number of pyridine rings is 1. The van der Waals surface area contributed by atoms with Gasteiger partial charge in [0.25, 0.3) is 0 Å². The molecule has 2 N–H and O–H groups in total. The van der Waals surface area contributed by atoms with Crippen molar-refractivity contribution < 1.29 is 0 Å². The van der Waals surface area contributed by atoms with E-state index >= 15 is 0 Å². The molecule has 0 atom stereocenters. The van der Waals surface area contributed by atoms with E-state index in [0.29, 0.717) is 0 Å². The van der Waals surface area contributed by atoms with Gasteiger partial charge in [-0.3, -0.25) is 9.69 Å². The van der Waals surface area contributed by atoms with Crippen LogP contribution < -0.4 is 10.7 Å². The molecule has 0 saturated carbocycles. The standard InChI is InChI=1S/C10H15N3O/c14-10-1-2-12-9(7-10)8-13-5-3-11-4-6-13/h1-2,7,11H,3-6,8H2,(H,12,14). The van der Waals surface area contributed by atoms with Crippen LogP contribution in [0.2, 0.25) is 0 Å². The number of H-pyrrole nitrogens is 1. The van der Waals surface area contributed by atoms with Crippen molar-refractivity contribution in [3.05, 3.63) is 34.2 Å². The minimum absolute atomic E-state index is 0.0777. The molecule has 0 radical (unpaired) electrons. The van der Waals surface area contributed by atoms with E-state index in [1.807, 2.05) is 0 Å². The molecule has 0 unspecified atom stereocenters. The van der Waals surface area contributed by atoms with Gasteiger partial charge in [-0.25, -0.2) is 0 Å². The number of hydrogen-bond donors (Lipinski definition) is 2. The number of hydrogen-bond acceptors (Lipinski definition) is 3. The molecule has 1 aliphatic heterocycles. The molecule has 1 fully saturated rings. The van der Waals surface area contributed by atoms with Gasteiger partial charge in [-0.15, -0.1) is 0 Å². The largest absolute Gasteiger partial charge is 0.364 e. The average Bonchev–Trinajstić information content (AvgIpc) is 2.19. The number of aromatic nitrogens is 1. The van der Waals surface area contributed by atoms with Gasteiger partial charge in [0.2, 0.25) is 0 Å². The van der Waals surface area contributed by atoms with E-state index < -0.39 is 0 Å². The normalized spacial score (nSPS) is 18.3. The van der Waals surface area contributed by atoms with E-state index in [-0.39, 0.29) is 5.43 Å². The predicted molar refractivity (Wildman–Crippen MR) is 55.2 cm³/mol. The first-order valence-electron chi connectivity index (χ1n) is 4.95. The maximum atomic E-state index is 11.1. The van der Waals surface area contributed by atoms with Crippen LogP contribution in [0, 0.1) is 0 Å². The summed E-state index contributed by atoms with van der Waals surface area (Å²) in [6.45, 7) is 5.03. The monoisotopic (exact) mass is 193 g/mol. The SMILES string of the molecule is O=c1cc[nH]c(CN2CCNCC2)c1. The third-order valence-corrected chi connectivity index (χ3v) is 2.44. The third kappa shape index (κ3) is 2.43. The minimum atomic E-state index is 0.0777. The Bertz CT molecular complexity index is 341. The topological polar surface area (TPSA) is 48.1 Å². The van der Waals surface area contributed by atoms with Crippen molar-refractivity contribution in [1.82, 2.24) is 15.2 Å². The van der Waals surface area contributed by atoms with Crippen LogP contribution in [0.4, 0.5) is 0 Å². The fourth-order valence-electron chi connectivity index (χ4n) is 1.69. The van der Waals surface area contributed by atoms with Crippen molar-refractivity contribution in [2.24, 2.45) is 0 Å². The van der Waals surface area contributed by atoms with Crippen LogP contribution in [-0.4, -0.2) is 36.1 Å². The molecule has 76 valence electrons. The molecule has 2 rings (SSSR count). The molecule has 4 nitrogen and oxygen atoms in total. The number of rotatable bonds is 2. The molecule has 1 aromatic heterocycles. The van der Waals surface area contributed by atoms with Crippen molar-refractivity contribution >= 4 is 0 Å². The highest BCUT2D eigenvalue weighted by molar-refractivity contribution is 5.04. The molecular weight excluding hydrogens is 178 g/mol. The van der Waals surface area contributed by atoms with Gasteiger partial charge in [0, 0.05) is 56.7 Å². The summed E-state index contributed by atoms with van der Waals surface area (Å²) in [5.74, 6) is 0. The van der Waals surface area contributed by atoms with Crippen molar-refractivity contribution in [3.63, 3.8) is 0 Å². The van der Waals surface area contributed by atoms with Crippen LogP contribution >= 0.6 is 0 Å². The fourth-order valence-corrected chi connectivity index (χ4v) is 1.69. The lowest BCUT2D eigenvalue weighted by Crippen LogP contribution is -2.43. The number of piperazine rings is 1. The molecular formula is C10H15N3O. The van der Waals surface area contributed by atoms with Gasteiger partial charge in [0.05, 0.1) is 0 Å². The van der Waals surface area contributed by atoms with Crippen molar-refractivity contribution in [3.8, 4) is 0 Å². The summed E-state index contributed by atoms with van der Waals surface area (Å²) in [5, 5.41) is 3.30. The third-order valence-electron chi connectivity index (χ3n) is 2.44.